The van der Waals surface area contributed by atoms with E-state index in [0.717, 1.165) is 31.0 Å². The van der Waals surface area contributed by atoms with Gasteiger partial charge in [0.15, 0.2) is 0 Å². The number of anilines is 1. The average Bonchev–Trinajstić information content (AvgIpc) is 2.56. The highest BCUT2D eigenvalue weighted by molar-refractivity contribution is 5.44. The molecule has 2 aromatic rings. The number of aliphatic hydroxyl groups is 1. The molecular formula is C17H21N3O. The van der Waals surface area contributed by atoms with Crippen LogP contribution in [-0.4, -0.2) is 41.7 Å². The fourth-order valence-electron chi connectivity index (χ4n) is 2.83. The minimum atomic E-state index is 0.0398. The lowest BCUT2D eigenvalue weighted by Crippen LogP contribution is -2.47. The van der Waals surface area contributed by atoms with Gasteiger partial charge >= 0.3 is 0 Å². The van der Waals surface area contributed by atoms with Gasteiger partial charge in [0.1, 0.15) is 5.82 Å². The Bertz CT molecular complexity index is 570. The number of piperazine rings is 1. The lowest BCUT2D eigenvalue weighted by atomic mass is 10.0. The smallest absolute Gasteiger partial charge is 0.129 e. The fraction of sp³-hybridized carbons (Fsp3) is 0.353. The summed E-state index contributed by atoms with van der Waals surface area (Å²) < 4.78 is 0. The zero-order valence-electron chi connectivity index (χ0n) is 12.3. The Labute approximate surface area is 125 Å². The summed E-state index contributed by atoms with van der Waals surface area (Å²) in [6, 6.07) is 14.9. The Morgan fingerprint density at radius 3 is 2.62 bits per heavy atom. The Morgan fingerprint density at radius 2 is 1.95 bits per heavy atom. The van der Waals surface area contributed by atoms with Crippen LogP contribution in [-0.2, 0) is 6.61 Å². The van der Waals surface area contributed by atoms with Crippen LogP contribution in [0.25, 0.3) is 0 Å². The molecule has 0 spiro atoms. The van der Waals surface area contributed by atoms with E-state index in [-0.39, 0.29) is 6.61 Å². The molecule has 3 rings (SSSR count). The number of nitrogens with zero attached hydrogens (tertiary/aromatic N) is 3. The highest BCUT2D eigenvalue weighted by atomic mass is 16.3. The van der Waals surface area contributed by atoms with Crippen molar-refractivity contribution in [3.05, 3.63) is 59.8 Å². The predicted octanol–water partition coefficient (Wildman–Crippen LogP) is 2.07. The summed E-state index contributed by atoms with van der Waals surface area (Å²) in [7, 11) is 2.16. The fourth-order valence-corrected chi connectivity index (χ4v) is 2.83. The number of hydrogen-bond acceptors (Lipinski definition) is 4. The van der Waals surface area contributed by atoms with Crippen molar-refractivity contribution < 1.29 is 5.11 Å². The van der Waals surface area contributed by atoms with Crippen LogP contribution in [0.4, 0.5) is 5.82 Å². The first-order valence-corrected chi connectivity index (χ1v) is 7.34. The van der Waals surface area contributed by atoms with Gasteiger partial charge < -0.3 is 14.9 Å². The molecule has 4 heteroatoms. The van der Waals surface area contributed by atoms with Crippen LogP contribution in [0.5, 0.6) is 0 Å². The van der Waals surface area contributed by atoms with Crippen LogP contribution in [0, 0.1) is 0 Å². The zero-order chi connectivity index (χ0) is 14.7. The summed E-state index contributed by atoms with van der Waals surface area (Å²) in [6.07, 6.45) is 1.76. The molecule has 1 atom stereocenters. The van der Waals surface area contributed by atoms with Crippen molar-refractivity contribution in [1.29, 1.82) is 0 Å². The molecular weight excluding hydrogens is 262 g/mol. The highest BCUT2D eigenvalue weighted by Gasteiger charge is 2.27. The van der Waals surface area contributed by atoms with Gasteiger partial charge in [-0.15, -0.1) is 0 Å². The summed E-state index contributed by atoms with van der Waals surface area (Å²) >= 11 is 0. The second kappa shape index (κ2) is 6.24. The average molecular weight is 283 g/mol. The SMILES string of the molecule is CN1CCN(c2ccc(CO)cn2)C(c2ccccc2)C1. The van der Waals surface area contributed by atoms with Crippen molar-refractivity contribution in [2.75, 3.05) is 31.6 Å². The molecule has 1 unspecified atom stereocenters. The van der Waals surface area contributed by atoms with Gasteiger partial charge in [-0.3, -0.25) is 0 Å². The van der Waals surface area contributed by atoms with Crippen molar-refractivity contribution in [1.82, 2.24) is 9.88 Å². The van der Waals surface area contributed by atoms with E-state index in [1.54, 1.807) is 6.20 Å². The molecule has 0 saturated carbocycles. The third kappa shape index (κ3) is 3.06. The lowest BCUT2D eigenvalue weighted by molar-refractivity contribution is 0.268. The summed E-state index contributed by atoms with van der Waals surface area (Å²) in [5.41, 5.74) is 2.17. The normalized spacial score (nSPS) is 19.7. The molecule has 2 heterocycles. The lowest BCUT2D eigenvalue weighted by Gasteiger charge is -2.41. The maximum absolute atomic E-state index is 9.14. The third-order valence-corrected chi connectivity index (χ3v) is 4.05. The first kappa shape index (κ1) is 14.0. The predicted molar refractivity (Wildman–Crippen MR) is 84.2 cm³/mol. The number of rotatable bonds is 3. The first-order valence-electron chi connectivity index (χ1n) is 7.34. The van der Waals surface area contributed by atoms with E-state index in [9.17, 15) is 0 Å². The number of aliphatic hydroxyl groups excluding tert-OH is 1. The topological polar surface area (TPSA) is 39.6 Å². The molecule has 21 heavy (non-hydrogen) atoms. The van der Waals surface area contributed by atoms with Crippen LogP contribution < -0.4 is 4.90 Å². The van der Waals surface area contributed by atoms with Gasteiger partial charge in [-0.25, -0.2) is 4.98 Å². The highest BCUT2D eigenvalue weighted by Crippen LogP contribution is 2.29. The Balaban J connectivity index is 1.90. The summed E-state index contributed by atoms with van der Waals surface area (Å²) in [6.45, 7) is 3.03. The monoisotopic (exact) mass is 283 g/mol. The Hall–Kier alpha value is -1.91. The van der Waals surface area contributed by atoms with E-state index >= 15 is 0 Å². The van der Waals surface area contributed by atoms with Gasteiger partial charge in [-0.1, -0.05) is 36.4 Å². The number of aromatic nitrogens is 1. The molecule has 110 valence electrons. The molecule has 0 bridgehead atoms. The molecule has 0 amide bonds. The van der Waals surface area contributed by atoms with Gasteiger partial charge in [-0.2, -0.15) is 0 Å². The molecule has 1 aromatic heterocycles. The van der Waals surface area contributed by atoms with Crippen LogP contribution in [0.3, 0.4) is 0 Å². The van der Waals surface area contributed by atoms with Crippen molar-refractivity contribution in [3.63, 3.8) is 0 Å². The Morgan fingerprint density at radius 1 is 1.14 bits per heavy atom. The van der Waals surface area contributed by atoms with Crippen molar-refractivity contribution in [2.45, 2.75) is 12.6 Å². The molecule has 1 aliphatic rings. The minimum absolute atomic E-state index is 0.0398. The standard InChI is InChI=1S/C17H21N3O/c1-19-9-10-20(17-8-7-14(13-21)11-18-17)16(12-19)15-5-3-2-4-6-15/h2-8,11,16,21H,9-10,12-13H2,1H3. The maximum Gasteiger partial charge on any atom is 0.129 e. The van der Waals surface area contributed by atoms with Crippen LogP contribution in [0.2, 0.25) is 0 Å². The van der Waals surface area contributed by atoms with E-state index in [1.807, 2.05) is 12.1 Å². The number of hydrogen-bond donors (Lipinski definition) is 1. The van der Waals surface area contributed by atoms with Crippen LogP contribution >= 0.6 is 0 Å². The molecule has 4 nitrogen and oxygen atoms in total. The molecule has 1 aromatic carbocycles. The van der Waals surface area contributed by atoms with E-state index < -0.39 is 0 Å². The number of likely N-dealkylation sites (N-methyl/N-ethyl adjacent to an activating group) is 1. The van der Waals surface area contributed by atoms with Crippen LogP contribution in [0.1, 0.15) is 17.2 Å². The third-order valence-electron chi connectivity index (χ3n) is 4.05. The van der Waals surface area contributed by atoms with Crippen molar-refractivity contribution >= 4 is 5.82 Å². The minimum Gasteiger partial charge on any atom is -0.392 e. The molecule has 1 aliphatic heterocycles. The summed E-state index contributed by atoms with van der Waals surface area (Å²) in [5, 5.41) is 9.14. The number of pyridine rings is 1. The van der Waals surface area contributed by atoms with Gasteiger partial charge in [0, 0.05) is 25.8 Å². The molecule has 0 aliphatic carbocycles. The number of benzene rings is 1. The van der Waals surface area contributed by atoms with Gasteiger partial charge in [0.05, 0.1) is 12.6 Å². The van der Waals surface area contributed by atoms with E-state index in [0.29, 0.717) is 6.04 Å². The van der Waals surface area contributed by atoms with Crippen molar-refractivity contribution in [3.8, 4) is 0 Å². The van der Waals surface area contributed by atoms with Gasteiger partial charge in [0.25, 0.3) is 0 Å². The van der Waals surface area contributed by atoms with Gasteiger partial charge in [0.2, 0.25) is 0 Å². The van der Waals surface area contributed by atoms with E-state index in [1.165, 1.54) is 5.56 Å². The molecule has 1 fully saturated rings. The largest absolute Gasteiger partial charge is 0.392 e. The summed E-state index contributed by atoms with van der Waals surface area (Å²) in [4.78, 5) is 9.24. The molecule has 1 N–H and O–H groups in total. The quantitative estimate of drug-likeness (QED) is 0.936. The van der Waals surface area contributed by atoms with Crippen LogP contribution in [0.15, 0.2) is 48.7 Å². The van der Waals surface area contributed by atoms with E-state index in [4.69, 9.17) is 5.11 Å². The summed E-state index contributed by atoms with van der Waals surface area (Å²) in [5.74, 6) is 0.981. The second-order valence-corrected chi connectivity index (χ2v) is 5.56. The molecule has 0 radical (unpaired) electrons. The Kier molecular flexibility index (Phi) is 4.18. The van der Waals surface area contributed by atoms with Crippen molar-refractivity contribution in [2.24, 2.45) is 0 Å². The second-order valence-electron chi connectivity index (χ2n) is 5.56. The molecule has 1 saturated heterocycles. The first-order chi connectivity index (χ1) is 10.3. The van der Waals surface area contributed by atoms with E-state index in [2.05, 4.69) is 52.2 Å². The zero-order valence-corrected chi connectivity index (χ0v) is 12.3. The maximum atomic E-state index is 9.14. The van der Waals surface area contributed by atoms with Gasteiger partial charge in [-0.05, 0) is 24.2 Å².